The number of aromatic hydroxyl groups is 3. The summed E-state index contributed by atoms with van der Waals surface area (Å²) in [7, 11) is -21.3. The molecule has 9 N–H and O–H groups in total. The summed E-state index contributed by atoms with van der Waals surface area (Å²) in [5.41, 5.74) is 19.6. The molecule has 0 atom stereocenters. The van der Waals surface area contributed by atoms with Gasteiger partial charge in [-0.05, 0) is 138 Å². The van der Waals surface area contributed by atoms with Crippen LogP contribution < -0.4 is 21.4 Å². The molecular formula is C70H58ClN9O19S6. The number of nitrogens with two attached hydrogens (primary N) is 3. The van der Waals surface area contributed by atoms with Crippen molar-refractivity contribution in [2.45, 2.75) is 46.1 Å². The van der Waals surface area contributed by atoms with Crippen molar-refractivity contribution >= 4 is 155 Å². The molecule has 540 valence electrons. The number of phenolic OH excluding ortho intramolecular Hbond substituents is 3. The second-order valence-electron chi connectivity index (χ2n) is 22.1. The van der Waals surface area contributed by atoms with Crippen LogP contribution in [0.15, 0.2) is 294 Å². The maximum absolute atomic E-state index is 13.3. The minimum Gasteiger partial charge on any atom is -0.507 e. The lowest BCUT2D eigenvalue weighted by molar-refractivity contribution is 0.396. The number of azo groups is 3. The third-order valence-corrected chi connectivity index (χ3v) is 24.3. The van der Waals surface area contributed by atoms with Crippen LogP contribution in [0.3, 0.4) is 0 Å². The normalized spacial score (nSPS) is 12.4. The van der Waals surface area contributed by atoms with Gasteiger partial charge >= 0.3 is 10.1 Å². The van der Waals surface area contributed by atoms with Gasteiger partial charge < -0.3 is 36.7 Å². The summed E-state index contributed by atoms with van der Waals surface area (Å²) in [5, 5.41) is 58.0. The van der Waals surface area contributed by atoms with Crippen molar-refractivity contribution in [2.75, 3.05) is 38.5 Å². The molecule has 12 aromatic carbocycles. The van der Waals surface area contributed by atoms with Gasteiger partial charge in [0.15, 0.2) is 0 Å². The molecule has 0 bridgehead atoms. The van der Waals surface area contributed by atoms with E-state index in [1.54, 1.807) is 66.7 Å². The van der Waals surface area contributed by atoms with Gasteiger partial charge in [-0.15, -0.1) is 30.7 Å². The van der Waals surface area contributed by atoms with Crippen LogP contribution in [0.2, 0.25) is 5.02 Å². The van der Waals surface area contributed by atoms with Crippen molar-refractivity contribution in [3.63, 3.8) is 0 Å². The maximum Gasteiger partial charge on any atom is 0.341 e. The third kappa shape index (κ3) is 16.7. The molecule has 0 aliphatic rings. The molecule has 0 unspecified atom stereocenters. The summed E-state index contributed by atoms with van der Waals surface area (Å²) in [5.74, 6) is -1.13. The predicted octanol–water partition coefficient (Wildman–Crippen LogP) is 15.0. The summed E-state index contributed by atoms with van der Waals surface area (Å²) in [6, 6.07) is 54.1. The van der Waals surface area contributed by atoms with E-state index in [1.807, 2.05) is 6.92 Å². The highest BCUT2D eigenvalue weighted by Crippen LogP contribution is 2.45. The molecule has 0 saturated carbocycles. The number of aryl methyl sites for hydroxylation is 1. The monoisotopic (exact) mass is 1560 g/mol. The minimum atomic E-state index is -4.25. The molecule has 105 heavy (non-hydrogen) atoms. The first-order valence-electron chi connectivity index (χ1n) is 30.1. The predicted molar refractivity (Wildman–Crippen MR) is 392 cm³/mol. The number of benzene rings is 12. The number of halogens is 1. The number of fused-ring (bicyclic) bond motifs is 3. The first-order chi connectivity index (χ1) is 49.7. The van der Waals surface area contributed by atoms with Crippen LogP contribution in [0.4, 0.5) is 51.2 Å². The summed E-state index contributed by atoms with van der Waals surface area (Å²) >= 11 is 6.11. The van der Waals surface area contributed by atoms with E-state index in [4.69, 9.17) is 33.0 Å². The summed E-state index contributed by atoms with van der Waals surface area (Å²) in [6.07, 6.45) is 0. The Hall–Kier alpha value is -11.3. The Bertz CT molecular complexity index is 6230. The Morgan fingerprint density at radius 3 is 1.09 bits per heavy atom. The zero-order valence-electron chi connectivity index (χ0n) is 55.0. The number of sulfone groups is 2. The van der Waals surface area contributed by atoms with E-state index in [-0.39, 0.29) is 117 Å². The quantitative estimate of drug-likeness (QED) is 0.0249. The molecule has 0 saturated heterocycles. The molecule has 28 nitrogen and oxygen atoms in total. The molecular weight excluding hydrogens is 1500 g/mol. The summed E-state index contributed by atoms with van der Waals surface area (Å²) in [6.45, 7) is 1.84. The molecule has 12 rings (SSSR count). The second-order valence-corrected chi connectivity index (χ2v) is 33.1. The molecule has 0 aliphatic heterocycles. The van der Waals surface area contributed by atoms with Gasteiger partial charge in [0, 0.05) is 23.2 Å². The van der Waals surface area contributed by atoms with Gasteiger partial charge in [-0.1, -0.05) is 108 Å². The summed E-state index contributed by atoms with van der Waals surface area (Å²) < 4.78 is 170. The van der Waals surface area contributed by atoms with Gasteiger partial charge in [-0.25, -0.2) is 16.8 Å². The van der Waals surface area contributed by atoms with Crippen LogP contribution >= 0.6 is 11.6 Å². The Kier molecular flexibility index (Phi) is 22.5. The molecule has 0 fully saturated rings. The van der Waals surface area contributed by atoms with Crippen molar-refractivity contribution < 1.29 is 82.6 Å². The Morgan fingerprint density at radius 2 is 0.676 bits per heavy atom. The largest absolute Gasteiger partial charge is 0.507 e. The molecule has 0 aromatic heterocycles. The Morgan fingerprint density at radius 1 is 0.333 bits per heavy atom. The number of rotatable bonds is 19. The molecule has 0 radical (unpaired) electrons. The van der Waals surface area contributed by atoms with Crippen LogP contribution in [-0.4, -0.2) is 87.2 Å². The van der Waals surface area contributed by atoms with Gasteiger partial charge in [0.1, 0.15) is 62.0 Å². The molecule has 35 heteroatoms. The Balaban J connectivity index is 0.000000169. The number of nitrogens with zero attached hydrogens (tertiary/aromatic N) is 6. The van der Waals surface area contributed by atoms with Crippen molar-refractivity contribution in [3.8, 4) is 23.0 Å². The van der Waals surface area contributed by atoms with Crippen LogP contribution in [0.5, 0.6) is 23.0 Å². The number of hydrogen-bond donors (Lipinski definition) is 6. The SMILES string of the molecule is COS(=O)(=O)c1cc(O)c2c(N=Nc3cc(Cl)ccc3S(=O)(=O)c3ccc(C)cc3)c(N)ccc2c1.COS(=O)(=O)c1cc(O)c2c(N=Nc3ccccc3S(=O)(=O)Oc3ccccc3)c(N)ccc2c1.COS(=O)(=O)c1cc(O)c2c(N=Nc3ccccc3S(=O)(=O)c3ccccc3)c(N)ccc2c1. The van der Waals surface area contributed by atoms with E-state index in [1.165, 1.54) is 140 Å². The van der Waals surface area contributed by atoms with E-state index in [0.29, 0.717) is 16.2 Å². The van der Waals surface area contributed by atoms with Crippen LogP contribution in [0, 0.1) is 6.92 Å². The van der Waals surface area contributed by atoms with Crippen molar-refractivity contribution in [1.82, 2.24) is 0 Å². The lowest BCUT2D eigenvalue weighted by Gasteiger charge is -2.11. The fourth-order valence-electron chi connectivity index (χ4n) is 10.1. The highest BCUT2D eigenvalue weighted by Gasteiger charge is 2.27. The lowest BCUT2D eigenvalue weighted by Crippen LogP contribution is -2.09. The van der Waals surface area contributed by atoms with Crippen LogP contribution in [0.1, 0.15) is 5.56 Å². The minimum absolute atomic E-state index is 0.0185. The van der Waals surface area contributed by atoms with E-state index in [0.717, 1.165) is 45.1 Å². The highest BCUT2D eigenvalue weighted by molar-refractivity contribution is 7.92. The van der Waals surface area contributed by atoms with Gasteiger partial charge in [0.05, 0.1) is 88.8 Å². The van der Waals surface area contributed by atoms with Crippen LogP contribution in [-0.2, 0) is 72.7 Å². The Labute approximate surface area is 606 Å². The fraction of sp³-hybridized carbons (Fsp3) is 0.0571. The van der Waals surface area contributed by atoms with E-state index in [2.05, 4.69) is 43.2 Å². The van der Waals surface area contributed by atoms with Crippen molar-refractivity contribution in [1.29, 1.82) is 0 Å². The highest BCUT2D eigenvalue weighted by atomic mass is 35.5. The van der Waals surface area contributed by atoms with E-state index < -0.39 is 77.4 Å². The number of phenols is 3. The van der Waals surface area contributed by atoms with Crippen molar-refractivity contribution in [2.24, 2.45) is 30.7 Å². The second kappa shape index (κ2) is 30.9. The molecule has 0 amide bonds. The number of para-hydroxylation sites is 1. The number of nitrogen functional groups attached to an aromatic ring is 3. The third-order valence-electron chi connectivity index (χ3n) is 15.4. The zero-order valence-corrected chi connectivity index (χ0v) is 60.6. The standard InChI is InChI=1S/C24H20ClN3O6S2.C23H19N3O7S2.C23H19N3O6S2/c1-14-3-7-17(8-4-14)35(30,31)22-10-6-16(25)12-20(22)27-28-24-19(26)9-5-15-11-18(36(32,33)34-2)13-21(29)23(15)24;1-32-34(28,29)17-13-15-11-12-18(24)23(22(15)20(27)14-17)26-25-19-9-5-6-10-21(19)35(30,31)33-16-7-3-2-4-8-16;1-32-34(30,31)17-13-15-11-12-18(24)23(22(15)20(27)14-17)26-25-19-9-5-6-10-21(19)33(28,29)16-7-3-2-4-8-16/h3-13,29H,26H2,1-2H3;2-14,27H,24H2,1H3;2-14,27H,24H2,1H3. The summed E-state index contributed by atoms with van der Waals surface area (Å²) in [4.78, 5) is -1.00. The van der Waals surface area contributed by atoms with E-state index in [9.17, 15) is 65.8 Å². The zero-order chi connectivity index (χ0) is 76.0. The molecule has 12 aromatic rings. The first kappa shape index (κ1) is 76.3. The smallest absolute Gasteiger partial charge is 0.341 e. The number of hydrogen-bond acceptors (Lipinski definition) is 28. The van der Waals surface area contributed by atoms with Gasteiger partial charge in [0.2, 0.25) is 19.7 Å². The fourth-order valence-corrected chi connectivity index (χ4v) is 16.3. The first-order valence-corrected chi connectivity index (χ1v) is 39.1. The lowest BCUT2D eigenvalue weighted by atomic mass is 10.1. The average molecular weight is 1560 g/mol. The van der Waals surface area contributed by atoms with Crippen molar-refractivity contribution in [3.05, 3.63) is 235 Å². The maximum atomic E-state index is 13.3. The topological polar surface area (TPSA) is 455 Å². The van der Waals surface area contributed by atoms with Gasteiger partial charge in [0.25, 0.3) is 30.4 Å². The van der Waals surface area contributed by atoms with Gasteiger partial charge in [-0.2, -0.15) is 33.7 Å². The van der Waals surface area contributed by atoms with Gasteiger partial charge in [-0.3, -0.25) is 12.5 Å². The van der Waals surface area contributed by atoms with Crippen LogP contribution in [0.25, 0.3) is 32.3 Å². The molecule has 0 spiro atoms. The average Bonchev–Trinajstić information content (AvgIpc) is 0.778. The number of anilines is 3. The molecule has 0 heterocycles. The molecule has 0 aliphatic carbocycles. The van der Waals surface area contributed by atoms with E-state index >= 15 is 0 Å².